The molecule has 0 saturated carbocycles. The Morgan fingerprint density at radius 2 is 1.97 bits per heavy atom. The van der Waals surface area contributed by atoms with E-state index in [1.807, 2.05) is 49.3 Å². The van der Waals surface area contributed by atoms with Crippen molar-refractivity contribution in [3.05, 3.63) is 71.5 Å². The van der Waals surface area contributed by atoms with Gasteiger partial charge in [-0.1, -0.05) is 47.6 Å². The first-order chi connectivity index (χ1) is 14.9. The second-order valence-corrected chi connectivity index (χ2v) is 7.69. The zero-order valence-corrected chi connectivity index (χ0v) is 17.7. The molecule has 2 aromatic rings. The molecule has 1 aliphatic heterocycles. The van der Waals surface area contributed by atoms with E-state index in [-0.39, 0.29) is 18.1 Å². The number of halogens is 1. The molecule has 2 amide bonds. The molecule has 0 spiro atoms. The maximum atomic E-state index is 13.5. The Labute approximate surface area is 181 Å². The van der Waals surface area contributed by atoms with Crippen LogP contribution in [0.1, 0.15) is 17.5 Å². The van der Waals surface area contributed by atoms with Gasteiger partial charge in [-0.3, -0.25) is 9.59 Å². The molecule has 0 bridgehead atoms. The van der Waals surface area contributed by atoms with Gasteiger partial charge in [0, 0.05) is 31.5 Å². The predicted molar refractivity (Wildman–Crippen MR) is 116 cm³/mol. The van der Waals surface area contributed by atoms with Crippen molar-refractivity contribution in [2.45, 2.75) is 25.0 Å². The minimum atomic E-state index is -0.869. The fraction of sp³-hybridized carbons (Fsp3) is 0.348. The molecule has 2 aromatic carbocycles. The van der Waals surface area contributed by atoms with E-state index in [1.54, 1.807) is 12.1 Å². The van der Waals surface area contributed by atoms with Crippen molar-refractivity contribution in [2.75, 3.05) is 27.2 Å². The van der Waals surface area contributed by atoms with Gasteiger partial charge >= 0.3 is 0 Å². The van der Waals surface area contributed by atoms with Crippen molar-refractivity contribution in [3.63, 3.8) is 0 Å². The van der Waals surface area contributed by atoms with Crippen LogP contribution >= 0.6 is 0 Å². The van der Waals surface area contributed by atoms with Crippen molar-refractivity contribution in [2.24, 2.45) is 5.16 Å². The largest absolute Gasteiger partial charge is 0.382 e. The number of hydrogen-bond acceptors (Lipinski definition) is 5. The Morgan fingerprint density at radius 1 is 1.19 bits per heavy atom. The summed E-state index contributed by atoms with van der Waals surface area (Å²) in [6.45, 7) is 1.16. The summed E-state index contributed by atoms with van der Waals surface area (Å²) in [5.41, 5.74) is 1.99. The van der Waals surface area contributed by atoms with Crippen LogP contribution < -0.4 is 10.6 Å². The average Bonchev–Trinajstić information content (AvgIpc) is 3.24. The molecular formula is C23H27FN4O3. The van der Waals surface area contributed by atoms with Gasteiger partial charge in [0.05, 0.1) is 5.71 Å². The van der Waals surface area contributed by atoms with Crippen LogP contribution in [-0.4, -0.2) is 61.8 Å². The number of benzene rings is 2. The van der Waals surface area contributed by atoms with Crippen molar-refractivity contribution < 1.29 is 18.8 Å². The van der Waals surface area contributed by atoms with E-state index in [4.69, 9.17) is 4.84 Å². The minimum absolute atomic E-state index is 0.204. The summed E-state index contributed by atoms with van der Waals surface area (Å²) in [7, 11) is 3.84. The second-order valence-electron chi connectivity index (χ2n) is 7.69. The molecule has 2 N–H and O–H groups in total. The Kier molecular flexibility index (Phi) is 7.72. The molecule has 3 rings (SSSR count). The summed E-state index contributed by atoms with van der Waals surface area (Å²) in [5, 5.41) is 9.59. The number of nitrogens with one attached hydrogen (secondary N) is 2. The molecule has 0 fully saturated rings. The van der Waals surface area contributed by atoms with Crippen LogP contribution in [0.2, 0.25) is 0 Å². The van der Waals surface area contributed by atoms with E-state index in [1.165, 1.54) is 12.1 Å². The second kappa shape index (κ2) is 10.7. The highest BCUT2D eigenvalue weighted by Crippen LogP contribution is 2.18. The number of amides is 2. The molecule has 7 nitrogen and oxygen atoms in total. The number of carbonyl (C=O) groups is 2. The fourth-order valence-electron chi connectivity index (χ4n) is 3.21. The van der Waals surface area contributed by atoms with E-state index in [0.717, 1.165) is 5.56 Å². The van der Waals surface area contributed by atoms with Gasteiger partial charge in [0.2, 0.25) is 12.0 Å². The lowest BCUT2D eigenvalue weighted by Crippen LogP contribution is -2.51. The van der Waals surface area contributed by atoms with Crippen LogP contribution in [0.25, 0.3) is 0 Å². The van der Waals surface area contributed by atoms with E-state index >= 15 is 0 Å². The molecule has 0 aliphatic carbocycles. The van der Waals surface area contributed by atoms with E-state index < -0.39 is 18.1 Å². The molecule has 0 saturated heterocycles. The van der Waals surface area contributed by atoms with Crippen LogP contribution in [0.15, 0.2) is 59.8 Å². The average molecular weight is 426 g/mol. The maximum Gasteiger partial charge on any atom is 0.265 e. The lowest BCUT2D eigenvalue weighted by Gasteiger charge is -2.20. The number of nitrogens with zero attached hydrogens (tertiary/aromatic N) is 2. The van der Waals surface area contributed by atoms with Crippen LogP contribution in [0.5, 0.6) is 0 Å². The molecule has 0 aromatic heterocycles. The molecule has 8 heteroatoms. The summed E-state index contributed by atoms with van der Waals surface area (Å²) in [6, 6.07) is 14.7. The highest BCUT2D eigenvalue weighted by molar-refractivity contribution is 6.04. The topological polar surface area (TPSA) is 83.0 Å². The van der Waals surface area contributed by atoms with Gasteiger partial charge in [0.15, 0.2) is 0 Å². The molecule has 164 valence electrons. The quantitative estimate of drug-likeness (QED) is 0.640. The Morgan fingerprint density at radius 3 is 2.68 bits per heavy atom. The van der Waals surface area contributed by atoms with Crippen molar-refractivity contribution >= 4 is 17.5 Å². The summed E-state index contributed by atoms with van der Waals surface area (Å²) >= 11 is 0. The van der Waals surface area contributed by atoms with Crippen molar-refractivity contribution in [3.8, 4) is 0 Å². The SMILES string of the molecule is CN(C)CCNC(=O)[C@H](Cc1ccccc1)NC(=O)[C@@H]1CC(c2cccc(F)c2)=NO1. The predicted octanol–water partition coefficient (Wildman–Crippen LogP) is 1.72. The third-order valence-electron chi connectivity index (χ3n) is 4.89. The van der Waals surface area contributed by atoms with Gasteiger partial charge < -0.3 is 20.4 Å². The van der Waals surface area contributed by atoms with Crippen LogP contribution in [0.3, 0.4) is 0 Å². The molecule has 1 heterocycles. The van der Waals surface area contributed by atoms with Crippen molar-refractivity contribution in [1.82, 2.24) is 15.5 Å². The Balaban J connectivity index is 1.63. The van der Waals surface area contributed by atoms with Crippen molar-refractivity contribution in [1.29, 1.82) is 0 Å². The first kappa shape index (κ1) is 22.4. The number of oxime groups is 1. The zero-order valence-electron chi connectivity index (χ0n) is 17.7. The molecule has 0 radical (unpaired) electrons. The standard InChI is InChI=1S/C23H27FN4O3/c1-28(2)12-11-25-22(29)20(13-16-7-4-3-5-8-16)26-23(30)21-15-19(27-31-21)17-9-6-10-18(24)14-17/h3-10,14,20-21H,11-13,15H2,1-2H3,(H,25,29)(H,26,30)/t20-,21-/m0/s1. The summed E-state index contributed by atoms with van der Waals surface area (Å²) in [4.78, 5) is 32.8. The zero-order chi connectivity index (χ0) is 22.2. The number of hydrogen-bond donors (Lipinski definition) is 2. The van der Waals surface area contributed by atoms with Gasteiger partial charge in [0.1, 0.15) is 11.9 Å². The van der Waals surface area contributed by atoms with E-state index in [0.29, 0.717) is 30.8 Å². The molecule has 31 heavy (non-hydrogen) atoms. The van der Waals surface area contributed by atoms with Crippen LogP contribution in [0, 0.1) is 5.82 Å². The number of likely N-dealkylation sites (N-methyl/N-ethyl adjacent to an activating group) is 1. The summed E-state index contributed by atoms with van der Waals surface area (Å²) < 4.78 is 13.5. The summed E-state index contributed by atoms with van der Waals surface area (Å²) in [6.07, 6.45) is -0.313. The van der Waals surface area contributed by atoms with Gasteiger partial charge in [0.25, 0.3) is 5.91 Å². The van der Waals surface area contributed by atoms with E-state index in [9.17, 15) is 14.0 Å². The molecule has 2 atom stereocenters. The van der Waals surface area contributed by atoms with Gasteiger partial charge in [-0.2, -0.15) is 0 Å². The minimum Gasteiger partial charge on any atom is -0.382 e. The Hall–Kier alpha value is -3.26. The van der Waals surface area contributed by atoms with Crippen LogP contribution in [-0.2, 0) is 20.8 Å². The third-order valence-corrected chi connectivity index (χ3v) is 4.89. The smallest absolute Gasteiger partial charge is 0.265 e. The lowest BCUT2D eigenvalue weighted by atomic mass is 10.0. The Bertz CT molecular complexity index is 933. The summed E-state index contributed by atoms with van der Waals surface area (Å²) in [5.74, 6) is -1.08. The van der Waals surface area contributed by atoms with E-state index in [2.05, 4.69) is 15.8 Å². The third kappa shape index (κ3) is 6.62. The number of carbonyl (C=O) groups excluding carboxylic acids is 2. The maximum absolute atomic E-state index is 13.5. The fourth-order valence-corrected chi connectivity index (χ4v) is 3.21. The van der Waals surface area contributed by atoms with Crippen LogP contribution in [0.4, 0.5) is 4.39 Å². The molecule has 0 unspecified atom stereocenters. The lowest BCUT2D eigenvalue weighted by molar-refractivity contribution is -0.135. The molecule has 1 aliphatic rings. The monoisotopic (exact) mass is 426 g/mol. The number of rotatable bonds is 9. The normalized spacial score (nSPS) is 16.4. The highest BCUT2D eigenvalue weighted by Gasteiger charge is 2.32. The van der Waals surface area contributed by atoms with Gasteiger partial charge in [-0.05, 0) is 31.8 Å². The van der Waals surface area contributed by atoms with Gasteiger partial charge in [-0.25, -0.2) is 4.39 Å². The first-order valence-corrected chi connectivity index (χ1v) is 10.2. The van der Waals surface area contributed by atoms with Gasteiger partial charge in [-0.15, -0.1) is 0 Å². The molecular weight excluding hydrogens is 399 g/mol. The first-order valence-electron chi connectivity index (χ1n) is 10.2. The highest BCUT2D eigenvalue weighted by atomic mass is 19.1.